The molecule has 1 aliphatic heterocycles. The normalized spacial score (nSPS) is 16.0. The number of rotatable bonds is 3. The predicted octanol–water partition coefficient (Wildman–Crippen LogP) is 4.99. The van der Waals surface area contributed by atoms with E-state index in [-0.39, 0.29) is 5.54 Å². The summed E-state index contributed by atoms with van der Waals surface area (Å²) < 4.78 is 5.93. The van der Waals surface area contributed by atoms with Crippen LogP contribution >= 0.6 is 0 Å². The van der Waals surface area contributed by atoms with Crippen molar-refractivity contribution in [1.29, 1.82) is 0 Å². The molecule has 0 N–H and O–H groups in total. The molecule has 2 heteroatoms. The van der Waals surface area contributed by atoms with Crippen LogP contribution in [0.25, 0.3) is 10.8 Å². The van der Waals surface area contributed by atoms with Crippen molar-refractivity contribution >= 4 is 16.7 Å². The number of ether oxygens (including phenoxy) is 1. The summed E-state index contributed by atoms with van der Waals surface area (Å²) >= 11 is 0. The van der Waals surface area contributed by atoms with Crippen LogP contribution in [0.3, 0.4) is 0 Å². The fourth-order valence-electron chi connectivity index (χ4n) is 3.25. The summed E-state index contributed by atoms with van der Waals surface area (Å²) in [6.45, 7) is 4.86. The minimum atomic E-state index is -0.148. The van der Waals surface area contributed by atoms with E-state index in [4.69, 9.17) is 9.73 Å². The zero-order chi connectivity index (χ0) is 16.6. The van der Waals surface area contributed by atoms with Gasteiger partial charge in [-0.1, -0.05) is 60.7 Å². The summed E-state index contributed by atoms with van der Waals surface area (Å²) in [7, 11) is 0. The van der Waals surface area contributed by atoms with Gasteiger partial charge in [-0.05, 0) is 48.2 Å². The number of nitrogens with zero attached hydrogens (tertiary/aromatic N) is 1. The molecule has 0 aliphatic carbocycles. The molecule has 0 aromatic heterocycles. The van der Waals surface area contributed by atoms with E-state index in [1.54, 1.807) is 0 Å². The van der Waals surface area contributed by atoms with E-state index in [9.17, 15) is 0 Å². The van der Waals surface area contributed by atoms with E-state index < -0.39 is 0 Å². The second-order valence-corrected chi connectivity index (χ2v) is 6.99. The van der Waals surface area contributed by atoms with E-state index in [2.05, 4.69) is 80.6 Å². The van der Waals surface area contributed by atoms with E-state index in [0.717, 1.165) is 17.9 Å². The van der Waals surface area contributed by atoms with Gasteiger partial charge in [-0.3, -0.25) is 0 Å². The SMILES string of the molecule is CC1(C)COC(c2ccc3ccccc3c2Cc2ccccc2)=N1. The van der Waals surface area contributed by atoms with E-state index in [1.165, 1.54) is 21.9 Å². The van der Waals surface area contributed by atoms with Crippen molar-refractivity contribution in [3.8, 4) is 0 Å². The van der Waals surface area contributed by atoms with Gasteiger partial charge in [-0.25, -0.2) is 4.99 Å². The molecule has 0 saturated heterocycles. The molecule has 1 aliphatic rings. The average molecular weight is 315 g/mol. The van der Waals surface area contributed by atoms with Crippen molar-refractivity contribution < 1.29 is 4.74 Å². The fourth-order valence-corrected chi connectivity index (χ4v) is 3.25. The number of hydrogen-bond acceptors (Lipinski definition) is 2. The number of fused-ring (bicyclic) bond motifs is 1. The van der Waals surface area contributed by atoms with Crippen molar-refractivity contribution in [3.05, 3.63) is 83.4 Å². The number of benzene rings is 3. The highest BCUT2D eigenvalue weighted by Gasteiger charge is 2.28. The average Bonchev–Trinajstić information content (AvgIpc) is 2.96. The minimum absolute atomic E-state index is 0.148. The highest BCUT2D eigenvalue weighted by atomic mass is 16.5. The minimum Gasteiger partial charge on any atom is -0.475 e. The third kappa shape index (κ3) is 2.80. The van der Waals surface area contributed by atoms with Gasteiger partial charge in [0.2, 0.25) is 5.90 Å². The van der Waals surface area contributed by atoms with Crippen LogP contribution in [0.5, 0.6) is 0 Å². The summed E-state index contributed by atoms with van der Waals surface area (Å²) in [5, 5.41) is 2.53. The monoisotopic (exact) mass is 315 g/mol. The highest BCUT2D eigenvalue weighted by molar-refractivity contribution is 6.02. The van der Waals surface area contributed by atoms with Gasteiger partial charge in [0, 0.05) is 5.56 Å². The van der Waals surface area contributed by atoms with Gasteiger partial charge in [-0.15, -0.1) is 0 Å². The zero-order valence-electron chi connectivity index (χ0n) is 14.1. The fraction of sp³-hybridized carbons (Fsp3) is 0.227. The summed E-state index contributed by atoms with van der Waals surface area (Å²) in [5.41, 5.74) is 3.55. The Bertz CT molecular complexity index is 910. The van der Waals surface area contributed by atoms with Crippen molar-refractivity contribution in [2.75, 3.05) is 6.61 Å². The van der Waals surface area contributed by atoms with Gasteiger partial charge >= 0.3 is 0 Å². The molecule has 2 nitrogen and oxygen atoms in total. The van der Waals surface area contributed by atoms with Crippen LogP contribution in [0, 0.1) is 0 Å². The Morgan fingerprint density at radius 3 is 2.42 bits per heavy atom. The van der Waals surface area contributed by atoms with E-state index >= 15 is 0 Å². The first-order valence-electron chi connectivity index (χ1n) is 8.40. The Balaban J connectivity index is 1.89. The van der Waals surface area contributed by atoms with Gasteiger partial charge < -0.3 is 4.74 Å². The molecule has 0 spiro atoms. The largest absolute Gasteiger partial charge is 0.475 e. The maximum Gasteiger partial charge on any atom is 0.217 e. The molecule has 4 rings (SSSR count). The summed E-state index contributed by atoms with van der Waals surface area (Å²) in [5.74, 6) is 0.775. The van der Waals surface area contributed by atoms with Crippen LogP contribution < -0.4 is 0 Å². The molecule has 0 unspecified atom stereocenters. The standard InChI is InChI=1S/C22H21NO/c1-22(2)15-24-21(23-22)19-13-12-17-10-6-7-11-18(17)20(19)14-16-8-4-3-5-9-16/h3-13H,14-15H2,1-2H3. The number of aliphatic imine (C=N–C) groups is 1. The molecule has 0 atom stereocenters. The molecule has 3 aromatic rings. The van der Waals surface area contributed by atoms with Gasteiger partial charge in [0.05, 0.1) is 5.54 Å². The molecule has 0 fully saturated rings. The van der Waals surface area contributed by atoms with Crippen molar-refractivity contribution in [1.82, 2.24) is 0 Å². The van der Waals surface area contributed by atoms with Crippen molar-refractivity contribution in [3.63, 3.8) is 0 Å². The Labute approximate surface area is 142 Å². The molecule has 0 amide bonds. The molecule has 0 bridgehead atoms. The van der Waals surface area contributed by atoms with E-state index in [0.29, 0.717) is 6.61 Å². The molecule has 1 heterocycles. The third-order valence-corrected chi connectivity index (χ3v) is 4.46. The van der Waals surface area contributed by atoms with Gasteiger partial charge in [-0.2, -0.15) is 0 Å². The number of hydrogen-bond donors (Lipinski definition) is 0. The molecular formula is C22H21NO. The van der Waals surface area contributed by atoms with Crippen molar-refractivity contribution in [2.45, 2.75) is 25.8 Å². The van der Waals surface area contributed by atoms with E-state index in [1.807, 2.05) is 0 Å². The summed E-state index contributed by atoms with van der Waals surface area (Å²) in [6.07, 6.45) is 0.875. The first-order valence-corrected chi connectivity index (χ1v) is 8.40. The van der Waals surface area contributed by atoms with Crippen LogP contribution in [-0.2, 0) is 11.2 Å². The van der Waals surface area contributed by atoms with Crippen LogP contribution in [0.15, 0.2) is 71.7 Å². The lowest BCUT2D eigenvalue weighted by molar-refractivity contribution is 0.279. The van der Waals surface area contributed by atoms with Crippen LogP contribution in [0.1, 0.15) is 30.5 Å². The summed E-state index contributed by atoms with van der Waals surface area (Å²) in [6, 6.07) is 23.4. The molecule has 0 radical (unpaired) electrons. The lowest BCUT2D eigenvalue weighted by Gasteiger charge is -2.13. The Hall–Kier alpha value is -2.61. The van der Waals surface area contributed by atoms with Gasteiger partial charge in [0.15, 0.2) is 0 Å². The molecule has 120 valence electrons. The van der Waals surface area contributed by atoms with Gasteiger partial charge in [0.25, 0.3) is 0 Å². The van der Waals surface area contributed by atoms with Crippen LogP contribution in [-0.4, -0.2) is 18.0 Å². The van der Waals surface area contributed by atoms with Crippen LogP contribution in [0.4, 0.5) is 0 Å². The lowest BCUT2D eigenvalue weighted by atomic mass is 9.93. The lowest BCUT2D eigenvalue weighted by Crippen LogP contribution is -2.17. The molecular weight excluding hydrogens is 294 g/mol. The second-order valence-electron chi connectivity index (χ2n) is 6.99. The Morgan fingerprint density at radius 2 is 1.67 bits per heavy atom. The maximum atomic E-state index is 5.93. The first-order chi connectivity index (χ1) is 11.6. The van der Waals surface area contributed by atoms with Crippen LogP contribution in [0.2, 0.25) is 0 Å². The third-order valence-electron chi connectivity index (χ3n) is 4.46. The molecule has 0 saturated carbocycles. The predicted molar refractivity (Wildman–Crippen MR) is 99.8 cm³/mol. The smallest absolute Gasteiger partial charge is 0.217 e. The van der Waals surface area contributed by atoms with Gasteiger partial charge in [0.1, 0.15) is 6.61 Å². The highest BCUT2D eigenvalue weighted by Crippen LogP contribution is 2.29. The quantitative estimate of drug-likeness (QED) is 0.667. The van der Waals surface area contributed by atoms with Crippen molar-refractivity contribution in [2.24, 2.45) is 4.99 Å². The Kier molecular flexibility index (Phi) is 3.61. The molecule has 24 heavy (non-hydrogen) atoms. The topological polar surface area (TPSA) is 21.6 Å². The first kappa shape index (κ1) is 14.9. The molecule has 3 aromatic carbocycles. The summed E-state index contributed by atoms with van der Waals surface area (Å²) in [4.78, 5) is 4.79. The maximum absolute atomic E-state index is 5.93. The Morgan fingerprint density at radius 1 is 0.917 bits per heavy atom. The zero-order valence-corrected chi connectivity index (χ0v) is 14.1. The second kappa shape index (κ2) is 5.79.